The van der Waals surface area contributed by atoms with Crippen LogP contribution in [0.15, 0.2) is 53.7 Å². The van der Waals surface area contributed by atoms with Crippen LogP contribution in [-0.2, 0) is 23.8 Å². The monoisotopic (exact) mass is 439 g/mol. The number of fused-ring (bicyclic) bond motifs is 1. The van der Waals surface area contributed by atoms with Crippen molar-refractivity contribution < 1.29 is 38.1 Å². The Balaban J connectivity index is 1.62. The number of methoxy groups -OCH3 is 2. The van der Waals surface area contributed by atoms with Crippen LogP contribution in [0, 0.1) is 0 Å². The minimum Gasteiger partial charge on any atom is -0.486 e. The van der Waals surface area contributed by atoms with Crippen molar-refractivity contribution in [3.8, 4) is 11.5 Å². The molecule has 2 aromatic carbocycles. The Morgan fingerprint density at radius 2 is 1.50 bits per heavy atom. The molecule has 0 bridgehead atoms. The highest BCUT2D eigenvalue weighted by atomic mass is 16.6. The zero-order valence-corrected chi connectivity index (χ0v) is 17.6. The first-order valence-electron chi connectivity index (χ1n) is 9.83. The highest BCUT2D eigenvalue weighted by Gasteiger charge is 2.32. The van der Waals surface area contributed by atoms with Crippen molar-refractivity contribution in [2.24, 2.45) is 0 Å². The number of hydrogen-bond acceptors (Lipinski definition) is 9. The quantitative estimate of drug-likeness (QED) is 0.512. The van der Waals surface area contributed by atoms with Gasteiger partial charge in [0, 0.05) is 16.8 Å². The van der Waals surface area contributed by atoms with Crippen molar-refractivity contribution in [3.05, 3.63) is 64.9 Å². The average Bonchev–Trinajstić information content (AvgIpc) is 2.86. The molecule has 0 amide bonds. The summed E-state index contributed by atoms with van der Waals surface area (Å²) in [6.07, 6.45) is 0. The molecule has 9 nitrogen and oxygen atoms in total. The van der Waals surface area contributed by atoms with E-state index in [0.717, 1.165) is 0 Å². The van der Waals surface area contributed by atoms with E-state index in [4.69, 9.17) is 23.7 Å². The molecule has 0 atom stereocenters. The molecule has 0 aliphatic carbocycles. The van der Waals surface area contributed by atoms with Crippen molar-refractivity contribution in [1.29, 1.82) is 0 Å². The number of carbonyl (C=O) groups is 3. The maximum absolute atomic E-state index is 12.9. The highest BCUT2D eigenvalue weighted by molar-refractivity contribution is 6.09. The number of anilines is 1. The predicted octanol–water partition coefficient (Wildman–Crippen LogP) is 2.08. The van der Waals surface area contributed by atoms with Gasteiger partial charge in [0.05, 0.1) is 26.4 Å². The molecule has 0 unspecified atom stereocenters. The molecule has 2 aliphatic heterocycles. The third-order valence-electron chi connectivity index (χ3n) is 5.08. The molecule has 0 spiro atoms. The van der Waals surface area contributed by atoms with Gasteiger partial charge in [0.1, 0.15) is 25.6 Å². The largest absolute Gasteiger partial charge is 0.486 e. The molecule has 2 aliphatic rings. The van der Waals surface area contributed by atoms with E-state index in [0.29, 0.717) is 41.5 Å². The van der Waals surface area contributed by atoms with Gasteiger partial charge in [-0.2, -0.15) is 0 Å². The van der Waals surface area contributed by atoms with Crippen molar-refractivity contribution in [1.82, 2.24) is 0 Å². The summed E-state index contributed by atoms with van der Waals surface area (Å²) in [6, 6.07) is 11.6. The summed E-state index contributed by atoms with van der Waals surface area (Å²) in [5.41, 5.74) is 1.55. The standard InChI is InChI=1S/C23H21NO8/c1-28-22(26)17-12-30-13-24(20(17)23(27)29-2)16-6-3-14(4-7-16)21(25)15-5-8-18-19(11-15)32-10-9-31-18/h3-8,11H,9-10,12-13H2,1-2H3. The topological polar surface area (TPSA) is 101 Å². The number of ketones is 1. The molecule has 2 aromatic rings. The molecule has 0 N–H and O–H groups in total. The molecule has 4 rings (SSSR count). The highest BCUT2D eigenvalue weighted by Crippen LogP contribution is 2.32. The normalized spacial score (nSPS) is 15.2. The maximum atomic E-state index is 12.9. The van der Waals surface area contributed by atoms with Crippen LogP contribution in [0.25, 0.3) is 0 Å². The Kier molecular flexibility index (Phi) is 6.09. The number of hydrogen-bond donors (Lipinski definition) is 0. The smallest absolute Gasteiger partial charge is 0.355 e. The van der Waals surface area contributed by atoms with Gasteiger partial charge in [-0.05, 0) is 42.5 Å². The van der Waals surface area contributed by atoms with Crippen molar-refractivity contribution in [2.45, 2.75) is 0 Å². The van der Waals surface area contributed by atoms with Crippen molar-refractivity contribution in [3.63, 3.8) is 0 Å². The molecule has 166 valence electrons. The Labute approximate surface area is 184 Å². The number of nitrogens with zero attached hydrogens (tertiary/aromatic N) is 1. The second-order valence-electron chi connectivity index (χ2n) is 6.95. The molecule has 0 saturated heterocycles. The number of benzene rings is 2. The van der Waals surface area contributed by atoms with Gasteiger partial charge in [0.25, 0.3) is 0 Å². The van der Waals surface area contributed by atoms with Gasteiger partial charge in [-0.3, -0.25) is 4.79 Å². The molecular weight excluding hydrogens is 418 g/mol. The van der Waals surface area contributed by atoms with Gasteiger partial charge in [-0.15, -0.1) is 0 Å². The Morgan fingerprint density at radius 3 is 2.19 bits per heavy atom. The minimum absolute atomic E-state index is 0.0282. The number of rotatable bonds is 5. The number of esters is 2. The van der Waals surface area contributed by atoms with Crippen molar-refractivity contribution in [2.75, 3.05) is 45.7 Å². The van der Waals surface area contributed by atoms with E-state index in [1.54, 1.807) is 42.5 Å². The molecule has 0 radical (unpaired) electrons. The lowest BCUT2D eigenvalue weighted by Crippen LogP contribution is -2.38. The van der Waals surface area contributed by atoms with Crippen LogP contribution < -0.4 is 14.4 Å². The van der Waals surface area contributed by atoms with E-state index in [9.17, 15) is 14.4 Å². The van der Waals surface area contributed by atoms with E-state index in [2.05, 4.69) is 0 Å². The van der Waals surface area contributed by atoms with Crippen LogP contribution in [0.1, 0.15) is 15.9 Å². The molecule has 0 aromatic heterocycles. The summed E-state index contributed by atoms with van der Waals surface area (Å²) >= 11 is 0. The lowest BCUT2D eigenvalue weighted by molar-refractivity contribution is -0.140. The summed E-state index contributed by atoms with van der Waals surface area (Å²) in [6.45, 7) is 0.858. The first-order chi connectivity index (χ1) is 15.5. The average molecular weight is 439 g/mol. The van der Waals surface area contributed by atoms with Gasteiger partial charge in [-0.25, -0.2) is 9.59 Å². The first-order valence-corrected chi connectivity index (χ1v) is 9.83. The summed E-state index contributed by atoms with van der Waals surface area (Å²) < 4.78 is 26.1. The van der Waals surface area contributed by atoms with E-state index in [1.165, 1.54) is 19.1 Å². The maximum Gasteiger partial charge on any atom is 0.355 e. The molecular formula is C23H21NO8. The van der Waals surface area contributed by atoms with E-state index >= 15 is 0 Å². The Hall–Kier alpha value is -3.85. The SMILES string of the molecule is COC(=O)C1=C(C(=O)OC)N(c2ccc(C(=O)c3ccc4c(c3)OCCO4)cc2)COC1. The van der Waals surface area contributed by atoms with Crippen LogP contribution in [-0.4, -0.2) is 58.5 Å². The van der Waals surface area contributed by atoms with E-state index in [1.807, 2.05) is 0 Å². The third-order valence-corrected chi connectivity index (χ3v) is 5.08. The zero-order valence-electron chi connectivity index (χ0n) is 17.6. The first kappa shape index (κ1) is 21.4. The van der Waals surface area contributed by atoms with Crippen LogP contribution >= 0.6 is 0 Å². The fourth-order valence-electron chi connectivity index (χ4n) is 3.49. The van der Waals surface area contributed by atoms with Gasteiger partial charge in [-0.1, -0.05) is 0 Å². The van der Waals surface area contributed by atoms with Crippen LogP contribution in [0.5, 0.6) is 11.5 Å². The lowest BCUT2D eigenvalue weighted by atomic mass is 10.0. The van der Waals surface area contributed by atoms with Crippen LogP contribution in [0.4, 0.5) is 5.69 Å². The zero-order chi connectivity index (χ0) is 22.7. The molecule has 0 saturated carbocycles. The molecule has 0 fully saturated rings. The van der Waals surface area contributed by atoms with Gasteiger partial charge >= 0.3 is 11.9 Å². The summed E-state index contributed by atoms with van der Waals surface area (Å²) in [4.78, 5) is 39.0. The second-order valence-corrected chi connectivity index (χ2v) is 6.95. The van der Waals surface area contributed by atoms with Gasteiger partial charge in [0.2, 0.25) is 0 Å². The van der Waals surface area contributed by atoms with E-state index in [-0.39, 0.29) is 30.4 Å². The van der Waals surface area contributed by atoms with Crippen molar-refractivity contribution >= 4 is 23.4 Å². The fourth-order valence-corrected chi connectivity index (χ4v) is 3.49. The summed E-state index contributed by atoms with van der Waals surface area (Å²) in [5.74, 6) is -0.419. The molecule has 32 heavy (non-hydrogen) atoms. The Morgan fingerprint density at radius 1 is 0.844 bits per heavy atom. The number of ether oxygens (including phenoxy) is 5. The third kappa shape index (κ3) is 4.02. The number of carbonyl (C=O) groups excluding carboxylic acids is 3. The fraction of sp³-hybridized carbons (Fsp3) is 0.261. The van der Waals surface area contributed by atoms with Crippen LogP contribution in [0.2, 0.25) is 0 Å². The van der Waals surface area contributed by atoms with Gasteiger partial charge < -0.3 is 28.6 Å². The molecule has 9 heteroatoms. The summed E-state index contributed by atoms with van der Waals surface area (Å²) in [5, 5.41) is 0. The second kappa shape index (κ2) is 9.11. The predicted molar refractivity (Wildman–Crippen MR) is 112 cm³/mol. The summed E-state index contributed by atoms with van der Waals surface area (Å²) in [7, 11) is 2.45. The van der Waals surface area contributed by atoms with E-state index < -0.39 is 11.9 Å². The molecule has 2 heterocycles. The van der Waals surface area contributed by atoms with Crippen LogP contribution in [0.3, 0.4) is 0 Å². The van der Waals surface area contributed by atoms with Gasteiger partial charge in [0.15, 0.2) is 17.3 Å². The minimum atomic E-state index is -0.690. The lowest BCUT2D eigenvalue weighted by Gasteiger charge is -2.31. The Bertz CT molecular complexity index is 1090.